The molecule has 0 radical (unpaired) electrons. The molecule has 0 aliphatic carbocycles. The Balaban J connectivity index is 2.02. The third kappa shape index (κ3) is 2.01. The minimum absolute atomic E-state index is 0.0517. The number of benzene rings is 1. The van der Waals surface area contributed by atoms with E-state index in [1.807, 2.05) is 0 Å². The maximum absolute atomic E-state index is 13.7. The van der Waals surface area contributed by atoms with Gasteiger partial charge in [0, 0.05) is 12.7 Å². The summed E-state index contributed by atoms with van der Waals surface area (Å²) in [5, 5.41) is 4.03. The molecule has 0 spiro atoms. The van der Waals surface area contributed by atoms with Crippen LogP contribution in [0.1, 0.15) is 5.69 Å². The van der Waals surface area contributed by atoms with Gasteiger partial charge in [0.25, 0.3) is 0 Å². The highest BCUT2D eigenvalue weighted by Gasteiger charge is 2.33. The van der Waals surface area contributed by atoms with Gasteiger partial charge in [0.1, 0.15) is 11.6 Å². The van der Waals surface area contributed by atoms with Crippen LogP contribution in [0.5, 0.6) is 0 Å². The molecule has 1 aliphatic heterocycles. The van der Waals surface area contributed by atoms with E-state index < -0.39 is 26.6 Å². The van der Waals surface area contributed by atoms with Crippen LogP contribution in [0.25, 0.3) is 0 Å². The Morgan fingerprint density at radius 2 is 1.80 bits per heavy atom. The van der Waals surface area contributed by atoms with Crippen molar-refractivity contribution in [2.75, 3.05) is 6.54 Å². The lowest BCUT2D eigenvalue weighted by atomic mass is 10.3. The molecule has 0 N–H and O–H groups in total. The molecular formula is C12H11F2N3O2S. The maximum Gasteiger partial charge on any atom is 0.249 e. The molecule has 0 amide bonds. The van der Waals surface area contributed by atoms with E-state index in [0.29, 0.717) is 12.2 Å². The van der Waals surface area contributed by atoms with Gasteiger partial charge in [0.05, 0.1) is 18.8 Å². The fraction of sp³-hybridized carbons (Fsp3) is 0.250. The zero-order valence-electron chi connectivity index (χ0n) is 10.3. The lowest BCUT2D eigenvalue weighted by Crippen LogP contribution is -2.39. The molecule has 1 aliphatic rings. The minimum atomic E-state index is -4.20. The molecule has 2 heterocycles. The van der Waals surface area contributed by atoms with E-state index in [-0.39, 0.29) is 13.1 Å². The van der Waals surface area contributed by atoms with Crippen LogP contribution in [0, 0.1) is 11.6 Å². The Hall–Kier alpha value is -1.80. The van der Waals surface area contributed by atoms with Crippen LogP contribution in [0.4, 0.5) is 8.78 Å². The van der Waals surface area contributed by atoms with E-state index in [1.165, 1.54) is 0 Å². The predicted octanol–water partition coefficient (Wildman–Crippen LogP) is 1.37. The summed E-state index contributed by atoms with van der Waals surface area (Å²) in [5.74, 6) is -2.16. The molecule has 0 bridgehead atoms. The lowest BCUT2D eigenvalue weighted by molar-refractivity contribution is 0.323. The first-order chi connectivity index (χ1) is 9.50. The van der Waals surface area contributed by atoms with Crippen molar-refractivity contribution >= 4 is 10.0 Å². The molecule has 1 aromatic heterocycles. The van der Waals surface area contributed by atoms with Gasteiger partial charge in [-0.05, 0) is 18.2 Å². The average molecular weight is 299 g/mol. The second kappa shape index (κ2) is 4.64. The summed E-state index contributed by atoms with van der Waals surface area (Å²) >= 11 is 0. The van der Waals surface area contributed by atoms with Crippen molar-refractivity contribution in [3.05, 3.63) is 47.8 Å². The monoisotopic (exact) mass is 299 g/mol. The van der Waals surface area contributed by atoms with Gasteiger partial charge in [-0.25, -0.2) is 17.2 Å². The zero-order valence-corrected chi connectivity index (χ0v) is 11.1. The summed E-state index contributed by atoms with van der Waals surface area (Å²) in [5.41, 5.74) is 0.691. The number of sulfonamides is 1. The van der Waals surface area contributed by atoms with E-state index in [9.17, 15) is 17.2 Å². The number of hydrogen-bond donors (Lipinski definition) is 0. The highest BCUT2D eigenvalue weighted by atomic mass is 32.2. The number of halogens is 2. The van der Waals surface area contributed by atoms with Crippen molar-refractivity contribution in [1.82, 2.24) is 14.1 Å². The van der Waals surface area contributed by atoms with Crippen molar-refractivity contribution in [3.63, 3.8) is 0 Å². The van der Waals surface area contributed by atoms with Gasteiger partial charge in [0.2, 0.25) is 10.0 Å². The largest absolute Gasteiger partial charge is 0.267 e. The Kier molecular flexibility index (Phi) is 3.06. The van der Waals surface area contributed by atoms with Gasteiger partial charge in [-0.2, -0.15) is 9.40 Å². The van der Waals surface area contributed by atoms with Crippen molar-refractivity contribution in [1.29, 1.82) is 0 Å². The van der Waals surface area contributed by atoms with Gasteiger partial charge in [-0.3, -0.25) is 4.68 Å². The average Bonchev–Trinajstić information content (AvgIpc) is 2.85. The molecule has 106 valence electrons. The summed E-state index contributed by atoms with van der Waals surface area (Å²) in [6.45, 7) is 0.540. The van der Waals surface area contributed by atoms with E-state index >= 15 is 0 Å². The SMILES string of the molecule is O=S(=O)(c1c(F)cccc1F)N1CCn2nccc2C1. The fourth-order valence-electron chi connectivity index (χ4n) is 2.22. The van der Waals surface area contributed by atoms with Crippen molar-refractivity contribution < 1.29 is 17.2 Å². The number of rotatable bonds is 2. The summed E-state index contributed by atoms with van der Waals surface area (Å²) in [6, 6.07) is 4.68. The molecular weight excluding hydrogens is 288 g/mol. The summed E-state index contributed by atoms with van der Waals surface area (Å²) in [4.78, 5) is -0.895. The highest BCUT2D eigenvalue weighted by Crippen LogP contribution is 2.25. The van der Waals surface area contributed by atoms with Crippen LogP contribution in [-0.2, 0) is 23.1 Å². The van der Waals surface area contributed by atoms with E-state index in [4.69, 9.17) is 0 Å². The fourth-order valence-corrected chi connectivity index (χ4v) is 3.74. The van der Waals surface area contributed by atoms with Crippen molar-refractivity contribution in [2.24, 2.45) is 0 Å². The lowest BCUT2D eigenvalue weighted by Gasteiger charge is -2.27. The van der Waals surface area contributed by atoms with Crippen LogP contribution in [0.2, 0.25) is 0 Å². The quantitative estimate of drug-likeness (QED) is 0.841. The third-order valence-corrected chi connectivity index (χ3v) is 5.12. The molecule has 5 nitrogen and oxygen atoms in total. The number of nitrogens with zero attached hydrogens (tertiary/aromatic N) is 3. The molecule has 8 heteroatoms. The molecule has 0 fully saturated rings. The molecule has 0 saturated heterocycles. The smallest absolute Gasteiger partial charge is 0.249 e. The van der Waals surface area contributed by atoms with Gasteiger partial charge in [-0.1, -0.05) is 6.07 Å². The highest BCUT2D eigenvalue weighted by molar-refractivity contribution is 7.89. The summed E-state index contributed by atoms with van der Waals surface area (Å²) < 4.78 is 54.8. The first-order valence-corrected chi connectivity index (χ1v) is 7.39. The molecule has 20 heavy (non-hydrogen) atoms. The molecule has 0 saturated carbocycles. The molecule has 1 aromatic carbocycles. The summed E-state index contributed by atoms with van der Waals surface area (Å²) in [7, 11) is -4.20. The number of fused-ring (bicyclic) bond motifs is 1. The maximum atomic E-state index is 13.7. The zero-order chi connectivity index (χ0) is 14.3. The molecule has 0 unspecified atom stereocenters. The van der Waals surface area contributed by atoms with Crippen molar-refractivity contribution in [2.45, 2.75) is 18.0 Å². The molecule has 3 rings (SSSR count). The number of aromatic nitrogens is 2. The van der Waals surface area contributed by atoms with Crippen LogP contribution < -0.4 is 0 Å². The molecule has 0 atom stereocenters. The Morgan fingerprint density at radius 1 is 1.10 bits per heavy atom. The third-order valence-electron chi connectivity index (χ3n) is 3.22. The predicted molar refractivity (Wildman–Crippen MR) is 66.2 cm³/mol. The Bertz CT molecular complexity index is 738. The van der Waals surface area contributed by atoms with Gasteiger partial charge < -0.3 is 0 Å². The second-order valence-corrected chi connectivity index (χ2v) is 6.31. The van der Waals surface area contributed by atoms with E-state index in [2.05, 4.69) is 5.10 Å². The Labute approximate surface area is 114 Å². The first kappa shape index (κ1) is 13.2. The van der Waals surface area contributed by atoms with Gasteiger partial charge in [-0.15, -0.1) is 0 Å². The van der Waals surface area contributed by atoms with Crippen molar-refractivity contribution in [3.8, 4) is 0 Å². The van der Waals surface area contributed by atoms with E-state index in [0.717, 1.165) is 22.5 Å². The van der Waals surface area contributed by atoms with Crippen LogP contribution in [0.3, 0.4) is 0 Å². The minimum Gasteiger partial charge on any atom is -0.267 e. The van der Waals surface area contributed by atoms with Crippen LogP contribution >= 0.6 is 0 Å². The van der Waals surface area contributed by atoms with Crippen LogP contribution in [-0.4, -0.2) is 29.0 Å². The van der Waals surface area contributed by atoms with Crippen LogP contribution in [0.15, 0.2) is 35.4 Å². The molecule has 2 aromatic rings. The second-order valence-electron chi connectivity index (χ2n) is 4.44. The Morgan fingerprint density at radius 3 is 2.50 bits per heavy atom. The van der Waals surface area contributed by atoms with Gasteiger partial charge in [0.15, 0.2) is 4.90 Å². The topological polar surface area (TPSA) is 55.2 Å². The van der Waals surface area contributed by atoms with E-state index in [1.54, 1.807) is 16.9 Å². The standard InChI is InChI=1S/C12H11F2N3O2S/c13-10-2-1-3-11(14)12(10)20(18,19)16-6-7-17-9(8-16)4-5-15-17/h1-5H,6-8H2. The number of hydrogen-bond acceptors (Lipinski definition) is 3. The van der Waals surface area contributed by atoms with Gasteiger partial charge >= 0.3 is 0 Å². The first-order valence-electron chi connectivity index (χ1n) is 5.95. The summed E-state index contributed by atoms with van der Waals surface area (Å²) in [6.07, 6.45) is 1.56. The normalized spacial score (nSPS) is 16.1.